The molecule has 0 amide bonds. The molecular weight excluding hydrogens is 180 g/mol. The summed E-state index contributed by atoms with van der Waals surface area (Å²) in [5.74, 6) is 0. The van der Waals surface area contributed by atoms with E-state index in [2.05, 4.69) is 0 Å². The summed E-state index contributed by atoms with van der Waals surface area (Å²) in [6, 6.07) is 0. The highest BCUT2D eigenvalue weighted by Crippen LogP contribution is 2.16. The van der Waals surface area contributed by atoms with Gasteiger partial charge in [0.25, 0.3) is 0 Å². The summed E-state index contributed by atoms with van der Waals surface area (Å²) < 4.78 is 0. The fourth-order valence-corrected chi connectivity index (χ4v) is 2.65. The Morgan fingerprint density at radius 1 is 0.133 bits per heavy atom. The van der Waals surface area contributed by atoms with E-state index in [0.717, 1.165) is 0 Å². The molecule has 0 unspecified atom stereocenters. The fraction of sp³-hybridized carbons (Fsp3) is 1.00. The molecule has 0 aromatic rings. The van der Waals surface area contributed by atoms with Gasteiger partial charge in [-0.25, -0.2) is 0 Å². The SMILES string of the molecule is C1CCCCCC1.C1CCCCCCC1. The highest BCUT2D eigenvalue weighted by molar-refractivity contribution is 4.52. The second-order valence-corrected chi connectivity index (χ2v) is 5.30. The van der Waals surface area contributed by atoms with Gasteiger partial charge in [-0.3, -0.25) is 0 Å². The molecule has 0 spiro atoms. The predicted molar refractivity (Wildman–Crippen MR) is 69.3 cm³/mol. The molecule has 2 rings (SSSR count). The third kappa shape index (κ3) is 8.96. The van der Waals surface area contributed by atoms with Crippen molar-refractivity contribution in [3.63, 3.8) is 0 Å². The van der Waals surface area contributed by atoms with E-state index in [0.29, 0.717) is 0 Å². The van der Waals surface area contributed by atoms with Gasteiger partial charge >= 0.3 is 0 Å². The maximum atomic E-state index is 1.50. The second-order valence-electron chi connectivity index (χ2n) is 5.30. The van der Waals surface area contributed by atoms with Crippen molar-refractivity contribution in [1.82, 2.24) is 0 Å². The Morgan fingerprint density at radius 3 is 0.267 bits per heavy atom. The summed E-state index contributed by atoms with van der Waals surface area (Å²) in [6.45, 7) is 0. The van der Waals surface area contributed by atoms with E-state index < -0.39 is 0 Å². The molecule has 0 N–H and O–H groups in total. The molecule has 2 aliphatic carbocycles. The molecule has 0 aromatic heterocycles. The Kier molecular flexibility index (Phi) is 9.16. The van der Waals surface area contributed by atoms with Crippen LogP contribution in [0.2, 0.25) is 0 Å². The third-order valence-electron chi connectivity index (χ3n) is 3.75. The molecule has 0 atom stereocenters. The zero-order chi connectivity index (χ0) is 10.6. The van der Waals surface area contributed by atoms with Crippen molar-refractivity contribution in [2.75, 3.05) is 0 Å². The molecule has 15 heavy (non-hydrogen) atoms. The Balaban J connectivity index is 0.000000151. The van der Waals surface area contributed by atoms with Crippen LogP contribution in [0.1, 0.15) is 96.3 Å². The summed E-state index contributed by atoms with van der Waals surface area (Å²) in [5.41, 5.74) is 0. The summed E-state index contributed by atoms with van der Waals surface area (Å²) in [5, 5.41) is 0. The first kappa shape index (κ1) is 13.1. The Labute approximate surface area is 96.8 Å². The highest BCUT2D eigenvalue weighted by atomic mass is 14.0. The standard InChI is InChI=1S/C8H16.C7H14/c1-2-4-6-8-7-5-3-1;1-2-4-6-7-5-3-1/h1-8H2;1-7H2. The molecule has 0 bridgehead atoms. The average Bonchev–Trinajstić information content (AvgIpc) is 2.48. The molecule has 2 fully saturated rings. The molecule has 0 aliphatic heterocycles. The lowest BCUT2D eigenvalue weighted by Crippen LogP contribution is -1.85. The minimum atomic E-state index is 1.50. The Hall–Kier alpha value is 0. The number of rotatable bonds is 0. The lowest BCUT2D eigenvalue weighted by Gasteiger charge is -2.05. The van der Waals surface area contributed by atoms with Crippen molar-refractivity contribution in [1.29, 1.82) is 0 Å². The van der Waals surface area contributed by atoms with Gasteiger partial charge in [-0.15, -0.1) is 0 Å². The van der Waals surface area contributed by atoms with E-state index in [4.69, 9.17) is 0 Å². The number of hydrogen-bond donors (Lipinski definition) is 0. The zero-order valence-corrected chi connectivity index (χ0v) is 10.6. The van der Waals surface area contributed by atoms with Gasteiger partial charge in [0.05, 0.1) is 0 Å². The predicted octanol–water partition coefficient (Wildman–Crippen LogP) is 5.85. The maximum Gasteiger partial charge on any atom is -0.0533 e. The van der Waals surface area contributed by atoms with E-state index in [-0.39, 0.29) is 0 Å². The smallest absolute Gasteiger partial charge is 0.0533 e. The monoisotopic (exact) mass is 210 g/mol. The first-order valence-electron chi connectivity index (χ1n) is 7.50. The molecule has 2 saturated carbocycles. The molecule has 2 aliphatic rings. The van der Waals surface area contributed by atoms with E-state index in [1.165, 1.54) is 96.3 Å². The zero-order valence-electron chi connectivity index (χ0n) is 10.6. The summed E-state index contributed by atoms with van der Waals surface area (Å²) in [4.78, 5) is 0. The van der Waals surface area contributed by atoms with Crippen molar-refractivity contribution in [2.45, 2.75) is 96.3 Å². The van der Waals surface area contributed by atoms with Crippen LogP contribution in [0.25, 0.3) is 0 Å². The molecule has 0 radical (unpaired) electrons. The van der Waals surface area contributed by atoms with Crippen LogP contribution in [0.5, 0.6) is 0 Å². The molecule has 0 nitrogen and oxygen atoms in total. The van der Waals surface area contributed by atoms with Crippen molar-refractivity contribution in [3.05, 3.63) is 0 Å². The summed E-state index contributed by atoms with van der Waals surface area (Å²) in [6.07, 6.45) is 22.5. The minimum Gasteiger partial charge on any atom is -0.0533 e. The Bertz CT molecular complexity index is 73.6. The lowest BCUT2D eigenvalue weighted by molar-refractivity contribution is 0.504. The first-order valence-corrected chi connectivity index (χ1v) is 7.50. The molecule has 90 valence electrons. The normalized spacial score (nSPS) is 24.0. The van der Waals surface area contributed by atoms with Crippen LogP contribution in [-0.4, -0.2) is 0 Å². The van der Waals surface area contributed by atoms with Crippen LogP contribution in [0.4, 0.5) is 0 Å². The quantitative estimate of drug-likeness (QED) is 0.440. The van der Waals surface area contributed by atoms with Gasteiger partial charge in [-0.2, -0.15) is 0 Å². The minimum absolute atomic E-state index is 1.50. The van der Waals surface area contributed by atoms with Gasteiger partial charge in [-0.1, -0.05) is 96.3 Å². The maximum absolute atomic E-state index is 1.50. The van der Waals surface area contributed by atoms with Crippen LogP contribution in [0.15, 0.2) is 0 Å². The Morgan fingerprint density at radius 2 is 0.200 bits per heavy atom. The van der Waals surface area contributed by atoms with Gasteiger partial charge in [0.1, 0.15) is 0 Å². The van der Waals surface area contributed by atoms with Gasteiger partial charge in [-0.05, 0) is 0 Å². The summed E-state index contributed by atoms with van der Waals surface area (Å²) in [7, 11) is 0. The van der Waals surface area contributed by atoms with E-state index >= 15 is 0 Å². The fourth-order valence-electron chi connectivity index (χ4n) is 2.65. The van der Waals surface area contributed by atoms with Crippen molar-refractivity contribution >= 4 is 0 Å². The van der Waals surface area contributed by atoms with Crippen LogP contribution in [0.3, 0.4) is 0 Å². The average molecular weight is 210 g/mol. The molecule has 0 aromatic carbocycles. The van der Waals surface area contributed by atoms with Crippen LogP contribution < -0.4 is 0 Å². The third-order valence-corrected chi connectivity index (χ3v) is 3.75. The summed E-state index contributed by atoms with van der Waals surface area (Å²) >= 11 is 0. The van der Waals surface area contributed by atoms with Gasteiger partial charge in [0, 0.05) is 0 Å². The largest absolute Gasteiger partial charge is 0.0533 e. The topological polar surface area (TPSA) is 0 Å². The van der Waals surface area contributed by atoms with E-state index in [1.54, 1.807) is 0 Å². The molecular formula is C15H30. The molecule has 0 heteroatoms. The van der Waals surface area contributed by atoms with Gasteiger partial charge < -0.3 is 0 Å². The first-order chi connectivity index (χ1) is 7.50. The van der Waals surface area contributed by atoms with E-state index in [9.17, 15) is 0 Å². The highest BCUT2D eigenvalue weighted by Gasteiger charge is 1.96. The van der Waals surface area contributed by atoms with Crippen molar-refractivity contribution in [3.8, 4) is 0 Å². The lowest BCUT2D eigenvalue weighted by atomic mass is 10.0. The molecule has 0 saturated heterocycles. The van der Waals surface area contributed by atoms with Crippen LogP contribution >= 0.6 is 0 Å². The van der Waals surface area contributed by atoms with Crippen molar-refractivity contribution in [2.24, 2.45) is 0 Å². The second kappa shape index (κ2) is 10.5. The van der Waals surface area contributed by atoms with E-state index in [1.807, 2.05) is 0 Å². The molecule has 0 heterocycles. The van der Waals surface area contributed by atoms with Crippen LogP contribution in [0, 0.1) is 0 Å². The van der Waals surface area contributed by atoms with Gasteiger partial charge in [0.15, 0.2) is 0 Å². The van der Waals surface area contributed by atoms with Crippen LogP contribution in [-0.2, 0) is 0 Å². The number of hydrogen-bond acceptors (Lipinski definition) is 0. The van der Waals surface area contributed by atoms with Crippen molar-refractivity contribution < 1.29 is 0 Å². The van der Waals surface area contributed by atoms with Gasteiger partial charge in [0.2, 0.25) is 0 Å².